The summed E-state index contributed by atoms with van der Waals surface area (Å²) >= 11 is 0. The van der Waals surface area contributed by atoms with E-state index in [9.17, 15) is 26.7 Å². The Morgan fingerprint density at radius 3 is 2.46 bits per heavy atom. The van der Waals surface area contributed by atoms with Gasteiger partial charge in [0.15, 0.2) is 5.82 Å². The summed E-state index contributed by atoms with van der Waals surface area (Å²) in [5.41, 5.74) is 1.24. The summed E-state index contributed by atoms with van der Waals surface area (Å²) in [6.07, 6.45) is 4.29. The van der Waals surface area contributed by atoms with E-state index in [4.69, 9.17) is 4.74 Å². The molecule has 2 aromatic carbocycles. The van der Waals surface area contributed by atoms with Gasteiger partial charge in [-0.15, -0.1) is 0 Å². The van der Waals surface area contributed by atoms with Gasteiger partial charge in [-0.25, -0.2) is 25.2 Å². The molecule has 0 atom stereocenters. The molecular weight excluding hydrogens is 573 g/mol. The van der Waals surface area contributed by atoms with E-state index in [1.54, 1.807) is 36.4 Å². The predicted molar refractivity (Wildman–Crippen MR) is 154 cm³/mol. The van der Waals surface area contributed by atoms with Crippen molar-refractivity contribution in [2.24, 2.45) is 4.40 Å². The summed E-state index contributed by atoms with van der Waals surface area (Å²) in [4.78, 5) is 15.2. The number of carboxylic acids is 1. The van der Waals surface area contributed by atoms with Crippen LogP contribution in [0.1, 0.15) is 37.6 Å². The summed E-state index contributed by atoms with van der Waals surface area (Å²) < 4.78 is 75.0. The fourth-order valence-corrected chi connectivity index (χ4v) is 5.37. The number of para-hydroxylation sites is 1. The minimum Gasteiger partial charge on any atom is -0.489 e. The molecule has 0 amide bonds. The summed E-state index contributed by atoms with van der Waals surface area (Å²) in [6.45, 7) is 4.32. The third-order valence-electron chi connectivity index (χ3n) is 6.19. The molecule has 10 nitrogen and oxygen atoms in total. The van der Waals surface area contributed by atoms with Crippen molar-refractivity contribution in [1.29, 1.82) is 0 Å². The lowest BCUT2D eigenvalue weighted by atomic mass is 9.98. The van der Waals surface area contributed by atoms with Crippen molar-refractivity contribution in [3.8, 4) is 16.9 Å². The lowest BCUT2D eigenvalue weighted by Gasteiger charge is -2.15. The van der Waals surface area contributed by atoms with Crippen LogP contribution >= 0.6 is 0 Å². The van der Waals surface area contributed by atoms with E-state index in [-0.39, 0.29) is 29.8 Å². The van der Waals surface area contributed by atoms with Crippen LogP contribution in [0.3, 0.4) is 0 Å². The normalized spacial score (nSPS) is 12.7. The molecule has 0 fully saturated rings. The second kappa shape index (κ2) is 11.1. The van der Waals surface area contributed by atoms with E-state index in [2.05, 4.69) is 9.38 Å². The van der Waals surface area contributed by atoms with Crippen LogP contribution in [0.2, 0.25) is 0 Å². The average Bonchev–Trinajstić information content (AvgIpc) is 3.31. The zero-order valence-corrected chi connectivity index (χ0v) is 24.3. The van der Waals surface area contributed by atoms with Crippen LogP contribution in [0.4, 0.5) is 4.39 Å². The minimum atomic E-state index is -3.95. The number of hydrogen-bond donors (Lipinski definition) is 1. The second-order valence-corrected chi connectivity index (χ2v) is 14.5. The SMILES string of the molecule is CC(C)(C)S(=O)(=O)N=Cc1nccc(-c2cc(COc3ccccc3CC(=O)O)cc3c2ccn3S(C)(=O)=O)c1F. The number of benzene rings is 2. The van der Waals surface area contributed by atoms with E-state index in [0.29, 0.717) is 27.8 Å². The molecule has 1 N–H and O–H groups in total. The molecule has 4 rings (SSSR count). The van der Waals surface area contributed by atoms with Gasteiger partial charge in [0, 0.05) is 28.9 Å². The van der Waals surface area contributed by atoms with E-state index >= 15 is 4.39 Å². The molecular formula is C28H28FN3O7S2. The van der Waals surface area contributed by atoms with E-state index in [1.807, 2.05) is 0 Å². The maximum Gasteiger partial charge on any atom is 0.307 e. The molecule has 0 spiro atoms. The van der Waals surface area contributed by atoms with Gasteiger partial charge in [-0.1, -0.05) is 18.2 Å². The Morgan fingerprint density at radius 2 is 1.80 bits per heavy atom. The van der Waals surface area contributed by atoms with Gasteiger partial charge in [0.1, 0.15) is 18.1 Å². The number of hydrogen-bond acceptors (Lipinski definition) is 7. The number of ether oxygens (including phenoxy) is 1. The first-order valence-corrected chi connectivity index (χ1v) is 15.6. The van der Waals surface area contributed by atoms with Crippen molar-refractivity contribution in [1.82, 2.24) is 8.96 Å². The summed E-state index contributed by atoms with van der Waals surface area (Å²) in [7, 11) is -7.68. The zero-order valence-electron chi connectivity index (χ0n) is 22.7. The number of carbonyl (C=O) groups is 1. The minimum absolute atomic E-state index is 0.0407. The van der Waals surface area contributed by atoms with Gasteiger partial charge in [0.05, 0.1) is 29.2 Å². The number of fused-ring (bicyclic) bond motifs is 1. The molecule has 0 aliphatic carbocycles. The highest BCUT2D eigenvalue weighted by atomic mass is 32.2. The molecule has 0 bridgehead atoms. The van der Waals surface area contributed by atoms with Crippen molar-refractivity contribution >= 4 is 43.1 Å². The Labute approximate surface area is 237 Å². The van der Waals surface area contributed by atoms with Crippen LogP contribution < -0.4 is 4.74 Å². The Balaban J connectivity index is 1.83. The average molecular weight is 602 g/mol. The van der Waals surface area contributed by atoms with Gasteiger partial charge in [-0.3, -0.25) is 9.78 Å². The van der Waals surface area contributed by atoms with Crippen molar-refractivity contribution < 1.29 is 35.9 Å². The maximum absolute atomic E-state index is 15.8. The number of nitrogens with zero attached hydrogens (tertiary/aromatic N) is 3. The Kier molecular flexibility index (Phi) is 8.05. The van der Waals surface area contributed by atoms with Gasteiger partial charge in [0.2, 0.25) is 10.0 Å². The molecule has 0 saturated heterocycles. The van der Waals surface area contributed by atoms with Crippen LogP contribution in [0.5, 0.6) is 5.75 Å². The van der Waals surface area contributed by atoms with Crippen molar-refractivity contribution in [3.63, 3.8) is 0 Å². The number of sulfonamides is 1. The van der Waals surface area contributed by atoms with Gasteiger partial charge in [-0.05, 0) is 62.2 Å². The number of carboxylic acid groups (broad SMARTS) is 1. The van der Waals surface area contributed by atoms with Crippen LogP contribution in [0.15, 0.2) is 65.3 Å². The largest absolute Gasteiger partial charge is 0.489 e. The summed E-state index contributed by atoms with van der Waals surface area (Å²) in [5, 5.41) is 9.63. The molecule has 0 unspecified atom stereocenters. The molecule has 0 aliphatic rings. The number of aromatic nitrogens is 2. The van der Waals surface area contributed by atoms with E-state index < -0.39 is 36.6 Å². The van der Waals surface area contributed by atoms with Gasteiger partial charge in [0.25, 0.3) is 10.0 Å². The van der Waals surface area contributed by atoms with E-state index in [0.717, 1.165) is 16.4 Å². The highest BCUT2D eigenvalue weighted by molar-refractivity contribution is 7.91. The van der Waals surface area contributed by atoms with Gasteiger partial charge < -0.3 is 9.84 Å². The predicted octanol–water partition coefficient (Wildman–Crippen LogP) is 4.40. The monoisotopic (exact) mass is 601 g/mol. The lowest BCUT2D eigenvalue weighted by molar-refractivity contribution is -0.136. The fraction of sp³-hybridized carbons (Fsp3) is 0.250. The first kappa shape index (κ1) is 29.9. The molecule has 216 valence electrons. The molecule has 0 saturated carbocycles. The molecule has 0 aliphatic heterocycles. The second-order valence-electron chi connectivity index (χ2n) is 10.3. The Bertz CT molecular complexity index is 1890. The first-order valence-electron chi connectivity index (χ1n) is 12.3. The highest BCUT2D eigenvalue weighted by Crippen LogP contribution is 2.34. The number of rotatable bonds is 9. The number of halogens is 1. The van der Waals surface area contributed by atoms with E-state index in [1.165, 1.54) is 45.3 Å². The van der Waals surface area contributed by atoms with Crippen LogP contribution in [0, 0.1) is 5.82 Å². The van der Waals surface area contributed by atoms with Crippen molar-refractivity contribution in [2.75, 3.05) is 6.26 Å². The van der Waals surface area contributed by atoms with Gasteiger partial charge >= 0.3 is 5.97 Å². The molecule has 13 heteroatoms. The van der Waals surface area contributed by atoms with Crippen molar-refractivity contribution in [2.45, 2.75) is 38.5 Å². The molecule has 2 aromatic heterocycles. The molecule has 2 heterocycles. The Hall–Kier alpha value is -4.10. The third-order valence-corrected chi connectivity index (χ3v) is 9.16. The number of pyridine rings is 1. The first-order chi connectivity index (χ1) is 19.1. The number of aliphatic carboxylic acids is 1. The lowest BCUT2D eigenvalue weighted by Crippen LogP contribution is -2.25. The van der Waals surface area contributed by atoms with Crippen LogP contribution in [-0.2, 0) is 37.9 Å². The fourth-order valence-electron chi connectivity index (χ4n) is 4.02. The van der Waals surface area contributed by atoms with Crippen molar-refractivity contribution in [3.05, 3.63) is 83.6 Å². The van der Waals surface area contributed by atoms with Crippen LogP contribution in [-0.4, -0.2) is 54.1 Å². The summed E-state index contributed by atoms with van der Waals surface area (Å²) in [6, 6.07) is 12.8. The van der Waals surface area contributed by atoms with Gasteiger partial charge in [-0.2, -0.15) is 4.40 Å². The maximum atomic E-state index is 15.8. The smallest absolute Gasteiger partial charge is 0.307 e. The zero-order chi connectivity index (χ0) is 30.2. The van der Waals surface area contributed by atoms with Crippen LogP contribution in [0.25, 0.3) is 22.0 Å². The third kappa shape index (κ3) is 6.46. The highest BCUT2D eigenvalue weighted by Gasteiger charge is 2.28. The standard InChI is InChI=1S/C28H28FN3O7S2/c1-28(2,3)41(37,38)31-16-23-27(29)21(9-11-30-23)22-13-18(14-24-20(22)10-12-32(24)40(4,35)36)17-39-25-8-6-5-7-19(25)15-26(33)34/h5-14,16H,15,17H2,1-4H3,(H,33,34). The topological polar surface area (TPSA) is 145 Å². The quantitative estimate of drug-likeness (QED) is 0.278. The Morgan fingerprint density at radius 1 is 1.10 bits per heavy atom. The molecule has 4 aromatic rings. The summed E-state index contributed by atoms with van der Waals surface area (Å²) in [5.74, 6) is -1.54. The molecule has 41 heavy (non-hydrogen) atoms. The molecule has 0 radical (unpaired) electrons.